The Morgan fingerprint density at radius 1 is 1.53 bits per heavy atom. The maximum Gasteiger partial charge on any atom is 0.253 e. The fourth-order valence-electron chi connectivity index (χ4n) is 2.53. The summed E-state index contributed by atoms with van der Waals surface area (Å²) in [5, 5.41) is 6.46. The zero-order valence-corrected chi connectivity index (χ0v) is 11.0. The van der Waals surface area contributed by atoms with Crippen molar-refractivity contribution in [3.63, 3.8) is 0 Å². The van der Waals surface area contributed by atoms with Gasteiger partial charge >= 0.3 is 0 Å². The molecule has 2 atom stereocenters. The highest BCUT2D eigenvalue weighted by molar-refractivity contribution is 5.94. The minimum Gasteiger partial charge on any atom is -0.349 e. The number of carbonyl (C=O) groups is 1. The lowest BCUT2D eigenvalue weighted by Crippen LogP contribution is -2.48. The predicted octanol–water partition coefficient (Wildman–Crippen LogP) is 1.06. The van der Waals surface area contributed by atoms with Gasteiger partial charge in [-0.1, -0.05) is 6.92 Å². The van der Waals surface area contributed by atoms with Crippen LogP contribution in [0.15, 0.2) is 30.7 Å². The Hall–Kier alpha value is -1.88. The molecular formula is C14H18N4O. The van der Waals surface area contributed by atoms with Gasteiger partial charge in [0.25, 0.3) is 5.91 Å². The lowest BCUT2D eigenvalue weighted by Gasteiger charge is -2.30. The minimum absolute atomic E-state index is 0.00523. The Labute approximate surface area is 112 Å². The molecule has 0 spiro atoms. The largest absolute Gasteiger partial charge is 0.349 e. The first-order valence-electron chi connectivity index (χ1n) is 6.68. The maximum atomic E-state index is 12.3. The van der Waals surface area contributed by atoms with Crippen molar-refractivity contribution in [3.8, 4) is 0 Å². The van der Waals surface area contributed by atoms with Crippen molar-refractivity contribution in [2.24, 2.45) is 5.92 Å². The van der Waals surface area contributed by atoms with Gasteiger partial charge in [0.15, 0.2) is 0 Å². The SMILES string of the molecule is CC1CNCCC1NC(=O)c1ccc2nccn2c1. The predicted molar refractivity (Wildman–Crippen MR) is 73.1 cm³/mol. The summed E-state index contributed by atoms with van der Waals surface area (Å²) in [6.07, 6.45) is 6.38. The summed E-state index contributed by atoms with van der Waals surface area (Å²) >= 11 is 0. The standard InChI is InChI=1S/C14H18N4O/c1-10-8-15-5-4-12(10)17-14(19)11-2-3-13-16-6-7-18(13)9-11/h2-3,6-7,9-10,12,15H,4-5,8H2,1H3,(H,17,19). The molecule has 5 nitrogen and oxygen atoms in total. The summed E-state index contributed by atoms with van der Waals surface area (Å²) in [7, 11) is 0. The molecule has 0 radical (unpaired) electrons. The van der Waals surface area contributed by atoms with E-state index in [1.807, 2.05) is 28.9 Å². The molecule has 19 heavy (non-hydrogen) atoms. The molecule has 2 aromatic rings. The van der Waals surface area contributed by atoms with Gasteiger partial charge < -0.3 is 15.0 Å². The molecule has 0 aliphatic carbocycles. The van der Waals surface area contributed by atoms with Gasteiger partial charge in [-0.25, -0.2) is 4.98 Å². The first kappa shape index (κ1) is 12.2. The molecule has 100 valence electrons. The van der Waals surface area contributed by atoms with Gasteiger partial charge in [-0.2, -0.15) is 0 Å². The van der Waals surface area contributed by atoms with Crippen LogP contribution in [0.1, 0.15) is 23.7 Å². The molecule has 0 bridgehead atoms. The number of piperidine rings is 1. The molecule has 2 N–H and O–H groups in total. The number of carbonyl (C=O) groups excluding carboxylic acids is 1. The van der Waals surface area contributed by atoms with Crippen molar-refractivity contribution in [2.75, 3.05) is 13.1 Å². The molecule has 3 heterocycles. The summed E-state index contributed by atoms with van der Waals surface area (Å²) in [6, 6.07) is 3.94. The van der Waals surface area contributed by atoms with Crippen molar-refractivity contribution < 1.29 is 4.79 Å². The highest BCUT2D eigenvalue weighted by Crippen LogP contribution is 2.12. The van der Waals surface area contributed by atoms with Crippen molar-refractivity contribution in [2.45, 2.75) is 19.4 Å². The molecule has 5 heteroatoms. The molecule has 1 amide bonds. The first-order valence-corrected chi connectivity index (χ1v) is 6.68. The molecule has 1 saturated heterocycles. The number of aromatic nitrogens is 2. The van der Waals surface area contributed by atoms with Gasteiger partial charge in [-0.3, -0.25) is 4.79 Å². The normalized spacial score (nSPS) is 23.4. The fourth-order valence-corrected chi connectivity index (χ4v) is 2.53. The number of pyridine rings is 1. The average molecular weight is 258 g/mol. The summed E-state index contributed by atoms with van der Waals surface area (Å²) < 4.78 is 1.86. The van der Waals surface area contributed by atoms with E-state index in [0.29, 0.717) is 11.5 Å². The van der Waals surface area contributed by atoms with E-state index in [1.54, 1.807) is 6.20 Å². The van der Waals surface area contributed by atoms with Gasteiger partial charge in [0.1, 0.15) is 5.65 Å². The van der Waals surface area contributed by atoms with Gasteiger partial charge in [-0.05, 0) is 37.6 Å². The molecule has 3 rings (SSSR count). The van der Waals surface area contributed by atoms with Gasteiger partial charge in [-0.15, -0.1) is 0 Å². The summed E-state index contributed by atoms with van der Waals surface area (Å²) in [5.74, 6) is 0.462. The van der Waals surface area contributed by atoms with Crippen LogP contribution >= 0.6 is 0 Å². The number of hydrogen-bond acceptors (Lipinski definition) is 3. The quantitative estimate of drug-likeness (QED) is 0.847. The van der Waals surface area contributed by atoms with E-state index in [0.717, 1.165) is 25.2 Å². The molecular weight excluding hydrogens is 240 g/mol. The number of rotatable bonds is 2. The summed E-state index contributed by atoms with van der Waals surface area (Å²) in [6.45, 7) is 4.09. The Kier molecular flexibility index (Phi) is 3.21. The second kappa shape index (κ2) is 5.01. The third-order valence-electron chi connectivity index (χ3n) is 3.75. The number of imidazole rings is 1. The molecule has 2 unspecified atom stereocenters. The summed E-state index contributed by atoms with van der Waals surface area (Å²) in [5.41, 5.74) is 1.53. The highest BCUT2D eigenvalue weighted by atomic mass is 16.1. The van der Waals surface area contributed by atoms with Gasteiger partial charge in [0.2, 0.25) is 0 Å². The van der Waals surface area contributed by atoms with Crippen LogP contribution in [-0.4, -0.2) is 34.4 Å². The van der Waals surface area contributed by atoms with Crippen molar-refractivity contribution in [3.05, 3.63) is 36.3 Å². The van der Waals surface area contributed by atoms with E-state index in [1.165, 1.54) is 0 Å². The zero-order valence-electron chi connectivity index (χ0n) is 11.0. The Bertz CT molecular complexity index is 592. The second-order valence-electron chi connectivity index (χ2n) is 5.16. The van der Waals surface area contributed by atoms with E-state index in [-0.39, 0.29) is 11.9 Å². The van der Waals surface area contributed by atoms with E-state index in [4.69, 9.17) is 0 Å². The molecule has 1 aliphatic heterocycles. The van der Waals surface area contributed by atoms with E-state index < -0.39 is 0 Å². The van der Waals surface area contributed by atoms with Crippen LogP contribution in [-0.2, 0) is 0 Å². The monoisotopic (exact) mass is 258 g/mol. The van der Waals surface area contributed by atoms with E-state index in [2.05, 4.69) is 22.5 Å². The maximum absolute atomic E-state index is 12.3. The number of nitrogens with zero attached hydrogens (tertiary/aromatic N) is 2. The molecule has 2 aromatic heterocycles. The van der Waals surface area contributed by atoms with Crippen LogP contribution in [0.3, 0.4) is 0 Å². The highest BCUT2D eigenvalue weighted by Gasteiger charge is 2.23. The average Bonchev–Trinajstić information content (AvgIpc) is 2.88. The number of nitrogens with one attached hydrogen (secondary N) is 2. The van der Waals surface area contributed by atoms with Crippen LogP contribution in [0, 0.1) is 5.92 Å². The topological polar surface area (TPSA) is 58.4 Å². The van der Waals surface area contributed by atoms with Gasteiger partial charge in [0.05, 0.1) is 5.56 Å². The van der Waals surface area contributed by atoms with Crippen LogP contribution < -0.4 is 10.6 Å². The Balaban J connectivity index is 1.75. The number of hydrogen-bond donors (Lipinski definition) is 2. The van der Waals surface area contributed by atoms with Crippen molar-refractivity contribution in [1.82, 2.24) is 20.0 Å². The van der Waals surface area contributed by atoms with Crippen molar-refractivity contribution >= 4 is 11.6 Å². The number of fused-ring (bicyclic) bond motifs is 1. The Morgan fingerprint density at radius 2 is 2.42 bits per heavy atom. The Morgan fingerprint density at radius 3 is 3.26 bits per heavy atom. The van der Waals surface area contributed by atoms with Gasteiger partial charge in [0, 0.05) is 24.6 Å². The van der Waals surface area contributed by atoms with E-state index >= 15 is 0 Å². The van der Waals surface area contributed by atoms with Crippen LogP contribution in [0.2, 0.25) is 0 Å². The molecule has 0 saturated carbocycles. The smallest absolute Gasteiger partial charge is 0.253 e. The fraction of sp³-hybridized carbons (Fsp3) is 0.429. The van der Waals surface area contributed by atoms with Crippen LogP contribution in [0.25, 0.3) is 5.65 Å². The van der Waals surface area contributed by atoms with Crippen LogP contribution in [0.4, 0.5) is 0 Å². The summed E-state index contributed by atoms with van der Waals surface area (Å²) in [4.78, 5) is 16.4. The lowest BCUT2D eigenvalue weighted by atomic mass is 9.95. The third kappa shape index (κ3) is 2.46. The van der Waals surface area contributed by atoms with Crippen LogP contribution in [0.5, 0.6) is 0 Å². The molecule has 1 aliphatic rings. The minimum atomic E-state index is -0.00523. The molecule has 0 aromatic carbocycles. The van der Waals surface area contributed by atoms with Crippen molar-refractivity contribution in [1.29, 1.82) is 0 Å². The molecule has 1 fully saturated rings. The second-order valence-corrected chi connectivity index (χ2v) is 5.16. The van der Waals surface area contributed by atoms with E-state index in [9.17, 15) is 4.79 Å². The third-order valence-corrected chi connectivity index (χ3v) is 3.75. The zero-order chi connectivity index (χ0) is 13.2. The lowest BCUT2D eigenvalue weighted by molar-refractivity contribution is 0.0914. The first-order chi connectivity index (χ1) is 9.24. The number of amides is 1.